The summed E-state index contributed by atoms with van der Waals surface area (Å²) in [5, 5.41) is 28.6. The number of nitrogens with zero attached hydrogens (tertiary/aromatic N) is 1. The molecule has 4 N–H and O–H groups in total. The molecule has 0 spiro atoms. The van der Waals surface area contributed by atoms with Crippen LogP contribution in [0, 0.1) is 6.92 Å². The summed E-state index contributed by atoms with van der Waals surface area (Å²) in [4.78, 5) is 25.2. The van der Waals surface area contributed by atoms with E-state index in [1.165, 1.54) is 10.8 Å². The number of aryl methyl sites for hydroxylation is 1. The van der Waals surface area contributed by atoms with Gasteiger partial charge >= 0.3 is 5.69 Å². The molecule has 2 rings (SSSR count). The summed E-state index contributed by atoms with van der Waals surface area (Å²) in [6.07, 6.45) is 0.831. The third-order valence-corrected chi connectivity index (χ3v) is 3.31. The van der Waals surface area contributed by atoms with E-state index in [0.29, 0.717) is 11.1 Å². The standard InChI is InChI=1S/C12H16N2O5/c1-6-5-14(12(19)13-11(6)18)8-4-7(2-3-15)9(16)10(8)17/h4-5,8-10,15-17H,2-3H2,1H3,(H,13,18,19)/t8-,9-,10+/m1/s1. The van der Waals surface area contributed by atoms with Crippen LogP contribution < -0.4 is 11.2 Å². The van der Waals surface area contributed by atoms with Crippen molar-refractivity contribution in [1.82, 2.24) is 9.55 Å². The Balaban J connectivity index is 2.45. The topological polar surface area (TPSA) is 116 Å². The van der Waals surface area contributed by atoms with Crippen LogP contribution in [-0.4, -0.2) is 43.7 Å². The molecule has 7 nitrogen and oxygen atoms in total. The van der Waals surface area contributed by atoms with Gasteiger partial charge in [-0.05, 0) is 18.9 Å². The van der Waals surface area contributed by atoms with Crippen LogP contribution in [0.1, 0.15) is 18.0 Å². The zero-order chi connectivity index (χ0) is 14.2. The Morgan fingerprint density at radius 3 is 2.68 bits per heavy atom. The summed E-state index contributed by atoms with van der Waals surface area (Å²) in [5.41, 5.74) is -0.303. The molecule has 0 fully saturated rings. The molecule has 3 atom stereocenters. The van der Waals surface area contributed by atoms with Gasteiger partial charge in [0, 0.05) is 18.4 Å². The van der Waals surface area contributed by atoms with Crippen LogP contribution in [0.2, 0.25) is 0 Å². The highest BCUT2D eigenvalue weighted by atomic mass is 16.3. The molecule has 1 aromatic rings. The van der Waals surface area contributed by atoms with E-state index in [9.17, 15) is 19.8 Å². The van der Waals surface area contributed by atoms with Gasteiger partial charge in [0.25, 0.3) is 5.56 Å². The fraction of sp³-hybridized carbons (Fsp3) is 0.500. The molecular formula is C12H16N2O5. The Hall–Kier alpha value is -1.70. The molecule has 0 unspecified atom stereocenters. The predicted molar refractivity (Wildman–Crippen MR) is 66.9 cm³/mol. The molecule has 1 aliphatic rings. The molecule has 0 bridgehead atoms. The van der Waals surface area contributed by atoms with Gasteiger partial charge in [0.15, 0.2) is 0 Å². The van der Waals surface area contributed by atoms with Gasteiger partial charge in [-0.3, -0.25) is 14.3 Å². The molecule has 0 amide bonds. The van der Waals surface area contributed by atoms with Crippen LogP contribution in [0.4, 0.5) is 0 Å². The molecule has 0 aliphatic heterocycles. The van der Waals surface area contributed by atoms with Gasteiger partial charge in [0.05, 0.1) is 6.04 Å². The van der Waals surface area contributed by atoms with Crippen molar-refractivity contribution in [3.8, 4) is 0 Å². The van der Waals surface area contributed by atoms with Crippen LogP contribution in [0.5, 0.6) is 0 Å². The minimum absolute atomic E-state index is 0.151. The number of aliphatic hydroxyl groups excluding tert-OH is 3. The molecule has 0 aromatic carbocycles. The van der Waals surface area contributed by atoms with Gasteiger partial charge in [0.1, 0.15) is 12.2 Å². The molecule has 0 saturated carbocycles. The summed E-state index contributed by atoms with van der Waals surface area (Å²) in [7, 11) is 0. The van der Waals surface area contributed by atoms with Crippen LogP contribution >= 0.6 is 0 Å². The van der Waals surface area contributed by atoms with Crippen LogP contribution in [0.25, 0.3) is 0 Å². The third-order valence-electron chi connectivity index (χ3n) is 3.31. The van der Waals surface area contributed by atoms with Crippen molar-refractivity contribution in [2.45, 2.75) is 31.6 Å². The van der Waals surface area contributed by atoms with E-state index in [-0.39, 0.29) is 13.0 Å². The zero-order valence-corrected chi connectivity index (χ0v) is 10.4. The maximum absolute atomic E-state index is 11.7. The number of nitrogens with one attached hydrogen (secondary N) is 1. The second kappa shape index (κ2) is 5.12. The Bertz CT molecular complexity index is 615. The average Bonchev–Trinajstić information content (AvgIpc) is 2.63. The number of aromatic amines is 1. The van der Waals surface area contributed by atoms with Crippen LogP contribution in [0.3, 0.4) is 0 Å². The molecular weight excluding hydrogens is 252 g/mol. The van der Waals surface area contributed by atoms with Gasteiger partial charge in [0.2, 0.25) is 0 Å². The number of hydrogen-bond acceptors (Lipinski definition) is 5. The maximum atomic E-state index is 11.7. The van der Waals surface area contributed by atoms with E-state index < -0.39 is 29.5 Å². The number of H-pyrrole nitrogens is 1. The zero-order valence-electron chi connectivity index (χ0n) is 10.4. The lowest BCUT2D eigenvalue weighted by Gasteiger charge is -2.19. The van der Waals surface area contributed by atoms with Crippen molar-refractivity contribution < 1.29 is 15.3 Å². The Morgan fingerprint density at radius 2 is 2.05 bits per heavy atom. The second-order valence-electron chi connectivity index (χ2n) is 4.62. The van der Waals surface area contributed by atoms with Crippen LogP contribution in [0.15, 0.2) is 27.4 Å². The molecule has 0 radical (unpaired) electrons. The smallest absolute Gasteiger partial charge is 0.328 e. The summed E-state index contributed by atoms with van der Waals surface area (Å²) in [5.74, 6) is 0. The average molecular weight is 268 g/mol. The van der Waals surface area contributed by atoms with Gasteiger partial charge < -0.3 is 15.3 Å². The Kier molecular flexibility index (Phi) is 3.70. The van der Waals surface area contributed by atoms with E-state index in [4.69, 9.17) is 5.11 Å². The largest absolute Gasteiger partial charge is 0.396 e. The lowest BCUT2D eigenvalue weighted by Crippen LogP contribution is -2.38. The number of rotatable bonds is 3. The summed E-state index contributed by atoms with van der Waals surface area (Å²) >= 11 is 0. The number of hydrogen-bond donors (Lipinski definition) is 4. The predicted octanol–water partition coefficient (Wildman–Crippen LogP) is -1.57. The highest BCUT2D eigenvalue weighted by Crippen LogP contribution is 2.29. The van der Waals surface area contributed by atoms with Crippen molar-refractivity contribution in [3.63, 3.8) is 0 Å². The van der Waals surface area contributed by atoms with E-state index >= 15 is 0 Å². The molecule has 1 aliphatic carbocycles. The summed E-state index contributed by atoms with van der Waals surface area (Å²) in [6, 6.07) is -0.750. The fourth-order valence-corrected chi connectivity index (χ4v) is 2.24. The lowest BCUT2D eigenvalue weighted by molar-refractivity contribution is 0.0290. The number of aliphatic hydroxyl groups is 3. The third kappa shape index (κ3) is 2.40. The second-order valence-corrected chi connectivity index (χ2v) is 4.62. The molecule has 0 saturated heterocycles. The van der Waals surface area contributed by atoms with Gasteiger partial charge in [-0.1, -0.05) is 6.08 Å². The van der Waals surface area contributed by atoms with Gasteiger partial charge in [-0.2, -0.15) is 0 Å². The van der Waals surface area contributed by atoms with E-state index in [1.54, 1.807) is 13.0 Å². The summed E-state index contributed by atoms with van der Waals surface area (Å²) in [6.45, 7) is 1.40. The minimum atomic E-state index is -1.18. The van der Waals surface area contributed by atoms with Crippen molar-refractivity contribution in [3.05, 3.63) is 44.2 Å². The molecule has 19 heavy (non-hydrogen) atoms. The first-order valence-electron chi connectivity index (χ1n) is 5.95. The van der Waals surface area contributed by atoms with E-state index in [2.05, 4.69) is 4.98 Å². The summed E-state index contributed by atoms with van der Waals surface area (Å²) < 4.78 is 1.18. The normalized spacial score (nSPS) is 26.5. The molecule has 1 heterocycles. The van der Waals surface area contributed by atoms with E-state index in [1.807, 2.05) is 0 Å². The van der Waals surface area contributed by atoms with Crippen LogP contribution in [-0.2, 0) is 0 Å². The minimum Gasteiger partial charge on any atom is -0.396 e. The fourth-order valence-electron chi connectivity index (χ4n) is 2.24. The number of aromatic nitrogens is 2. The van der Waals surface area contributed by atoms with Crippen molar-refractivity contribution in [1.29, 1.82) is 0 Å². The molecule has 104 valence electrons. The quantitative estimate of drug-likeness (QED) is 0.494. The highest BCUT2D eigenvalue weighted by molar-refractivity contribution is 5.23. The monoisotopic (exact) mass is 268 g/mol. The lowest BCUT2D eigenvalue weighted by atomic mass is 10.1. The maximum Gasteiger partial charge on any atom is 0.328 e. The first-order valence-corrected chi connectivity index (χ1v) is 5.95. The first-order chi connectivity index (χ1) is 8.95. The van der Waals surface area contributed by atoms with Gasteiger partial charge in [-0.25, -0.2) is 4.79 Å². The van der Waals surface area contributed by atoms with Gasteiger partial charge in [-0.15, -0.1) is 0 Å². The Morgan fingerprint density at radius 1 is 1.37 bits per heavy atom. The van der Waals surface area contributed by atoms with Crippen molar-refractivity contribution in [2.24, 2.45) is 0 Å². The molecule has 7 heteroatoms. The molecule has 1 aromatic heterocycles. The van der Waals surface area contributed by atoms with Crippen molar-refractivity contribution in [2.75, 3.05) is 6.61 Å². The first kappa shape index (κ1) is 13.7. The highest BCUT2D eigenvalue weighted by Gasteiger charge is 2.35. The van der Waals surface area contributed by atoms with E-state index in [0.717, 1.165) is 0 Å². The van der Waals surface area contributed by atoms with Crippen molar-refractivity contribution >= 4 is 0 Å². The SMILES string of the molecule is Cc1cn([C@@H]2C=C(CCO)[C@@H](O)[C@H]2O)c(=O)[nH]c1=O. The Labute approximate surface area is 108 Å².